The van der Waals surface area contributed by atoms with Crippen molar-refractivity contribution >= 4 is 5.97 Å². The molecule has 4 heteroatoms. The summed E-state index contributed by atoms with van der Waals surface area (Å²) in [6, 6.07) is 0. The minimum absolute atomic E-state index is 0. The number of aliphatic carboxylic acids is 1. The molecule has 0 aliphatic heterocycles. The Balaban J connectivity index is 0. The van der Waals surface area contributed by atoms with Crippen molar-refractivity contribution in [1.82, 2.24) is 0 Å². The number of unbranched alkanes of at least 4 members (excludes halogenated alkanes) is 4. The fourth-order valence-corrected chi connectivity index (χ4v) is 1.95. The first-order valence-corrected chi connectivity index (χ1v) is 8.68. The summed E-state index contributed by atoms with van der Waals surface area (Å²) in [4.78, 5) is 10.2. The zero-order valence-electron chi connectivity index (χ0n) is 15.3. The molecule has 0 amide bonds. The molecule has 0 aromatic carbocycles. The standard InChI is InChI=1S/C20H32O3.Na/c1-2-3-4-5-10-13-16-19(21)17-14-11-8-6-7-9-12-15-18-20(22)23;/h7-11,13-14,17,19,21H,2-6,12,15-16,18H2,1H3,(H,22,23);/q;+1/p-1/b9-7-,11-8-,13-10-,17-14-;/t19-;/m1./s1. The Morgan fingerprint density at radius 3 is 2.42 bits per heavy atom. The summed E-state index contributed by atoms with van der Waals surface area (Å²) < 4.78 is 0. The van der Waals surface area contributed by atoms with Gasteiger partial charge in [-0.15, -0.1) is 0 Å². The van der Waals surface area contributed by atoms with Crippen LogP contribution in [0.3, 0.4) is 0 Å². The second-order valence-electron chi connectivity index (χ2n) is 5.55. The molecule has 0 aliphatic rings. The normalized spacial score (nSPS) is 13.2. The number of hydrogen-bond donors (Lipinski definition) is 1. The monoisotopic (exact) mass is 342 g/mol. The third kappa shape index (κ3) is 21.4. The minimum Gasteiger partial charge on any atom is -0.550 e. The maximum absolute atomic E-state index is 10.2. The van der Waals surface area contributed by atoms with E-state index in [1.165, 1.54) is 19.3 Å². The third-order valence-electron chi connectivity index (χ3n) is 3.29. The van der Waals surface area contributed by atoms with Crippen molar-refractivity contribution < 1.29 is 44.6 Å². The van der Waals surface area contributed by atoms with Crippen LogP contribution in [0.15, 0.2) is 48.6 Å². The molecule has 0 radical (unpaired) electrons. The molecule has 1 atom stereocenters. The molecule has 0 rings (SSSR count). The van der Waals surface area contributed by atoms with Gasteiger partial charge in [-0.05, 0) is 44.9 Å². The van der Waals surface area contributed by atoms with Crippen molar-refractivity contribution in [2.75, 3.05) is 0 Å². The van der Waals surface area contributed by atoms with Crippen LogP contribution in [0.4, 0.5) is 0 Å². The van der Waals surface area contributed by atoms with Gasteiger partial charge in [-0.3, -0.25) is 0 Å². The van der Waals surface area contributed by atoms with E-state index < -0.39 is 12.1 Å². The summed E-state index contributed by atoms with van der Waals surface area (Å²) in [5.74, 6) is -0.988. The Bertz CT molecular complexity index is 398. The Kier molecular flexibility index (Phi) is 21.8. The molecule has 0 heterocycles. The Hall–Kier alpha value is -0.610. The van der Waals surface area contributed by atoms with E-state index in [9.17, 15) is 15.0 Å². The fourth-order valence-electron chi connectivity index (χ4n) is 1.95. The number of aliphatic hydroxyl groups excluding tert-OH is 1. The summed E-state index contributed by atoms with van der Waals surface area (Å²) in [5, 5.41) is 20.0. The topological polar surface area (TPSA) is 60.4 Å². The molecule has 24 heavy (non-hydrogen) atoms. The van der Waals surface area contributed by atoms with E-state index in [1.54, 1.807) is 6.08 Å². The number of carbonyl (C=O) groups is 1. The summed E-state index contributed by atoms with van der Waals surface area (Å²) in [5.41, 5.74) is 0. The van der Waals surface area contributed by atoms with Crippen molar-refractivity contribution in [2.24, 2.45) is 0 Å². The number of rotatable bonds is 14. The molecule has 0 saturated heterocycles. The van der Waals surface area contributed by atoms with Crippen LogP contribution >= 0.6 is 0 Å². The summed E-state index contributed by atoms with van der Waals surface area (Å²) in [6.45, 7) is 2.19. The molecule has 0 aliphatic carbocycles. The molecule has 0 aromatic heterocycles. The van der Waals surface area contributed by atoms with E-state index in [-0.39, 0.29) is 36.0 Å². The van der Waals surface area contributed by atoms with Crippen LogP contribution in [0.5, 0.6) is 0 Å². The first-order valence-electron chi connectivity index (χ1n) is 8.68. The smallest absolute Gasteiger partial charge is 0.550 e. The van der Waals surface area contributed by atoms with E-state index in [0.717, 1.165) is 19.3 Å². The maximum atomic E-state index is 10.2. The van der Waals surface area contributed by atoms with Gasteiger partial charge < -0.3 is 15.0 Å². The molecular formula is C20H31NaO3. The zero-order chi connectivity index (χ0) is 17.2. The van der Waals surface area contributed by atoms with Crippen LogP contribution in [0.2, 0.25) is 0 Å². The van der Waals surface area contributed by atoms with Crippen LogP contribution in [0.25, 0.3) is 0 Å². The van der Waals surface area contributed by atoms with Crippen molar-refractivity contribution in [3.8, 4) is 0 Å². The predicted octanol–water partition coefficient (Wildman–Crippen LogP) is 0.857. The van der Waals surface area contributed by atoms with Gasteiger partial charge in [-0.25, -0.2) is 0 Å². The molecule has 1 N–H and O–H groups in total. The Morgan fingerprint density at radius 2 is 1.71 bits per heavy atom. The number of hydrogen-bond acceptors (Lipinski definition) is 3. The van der Waals surface area contributed by atoms with E-state index >= 15 is 0 Å². The summed E-state index contributed by atoms with van der Waals surface area (Å²) >= 11 is 0. The molecule has 130 valence electrons. The zero-order valence-corrected chi connectivity index (χ0v) is 17.3. The Morgan fingerprint density at radius 1 is 1.00 bits per heavy atom. The minimum atomic E-state index is -0.988. The van der Waals surface area contributed by atoms with Crippen molar-refractivity contribution in [1.29, 1.82) is 0 Å². The first kappa shape index (κ1) is 25.6. The van der Waals surface area contributed by atoms with Crippen LogP contribution in [0, 0.1) is 0 Å². The maximum Gasteiger partial charge on any atom is 1.00 e. The number of aliphatic hydroxyl groups is 1. The number of carboxylic acid groups (broad SMARTS) is 1. The van der Waals surface area contributed by atoms with E-state index in [0.29, 0.717) is 12.8 Å². The SMILES string of the molecule is CCCCC/C=C\C[C@@H](O)/C=C\C=C/C/C=C\CCCC(=O)[O-].[Na+]. The molecule has 0 bridgehead atoms. The summed E-state index contributed by atoms with van der Waals surface area (Å²) in [6.07, 6.45) is 23.1. The molecular weight excluding hydrogens is 311 g/mol. The molecule has 0 aromatic rings. The number of carbonyl (C=O) groups excluding carboxylic acids is 1. The van der Waals surface area contributed by atoms with E-state index in [2.05, 4.69) is 13.0 Å². The van der Waals surface area contributed by atoms with Gasteiger partial charge in [0.25, 0.3) is 0 Å². The first-order chi connectivity index (χ1) is 11.2. The average Bonchev–Trinajstić information content (AvgIpc) is 2.52. The van der Waals surface area contributed by atoms with Crippen molar-refractivity contribution in [2.45, 2.75) is 70.8 Å². The van der Waals surface area contributed by atoms with Gasteiger partial charge in [0.05, 0.1) is 6.10 Å². The predicted molar refractivity (Wildman–Crippen MR) is 94.8 cm³/mol. The third-order valence-corrected chi connectivity index (χ3v) is 3.29. The van der Waals surface area contributed by atoms with Gasteiger partial charge in [0.2, 0.25) is 0 Å². The Labute approximate surface area is 169 Å². The van der Waals surface area contributed by atoms with Gasteiger partial charge in [0.1, 0.15) is 0 Å². The van der Waals surface area contributed by atoms with Crippen molar-refractivity contribution in [3.63, 3.8) is 0 Å². The van der Waals surface area contributed by atoms with Gasteiger partial charge in [0.15, 0.2) is 0 Å². The quantitative estimate of drug-likeness (QED) is 0.220. The van der Waals surface area contributed by atoms with Gasteiger partial charge >= 0.3 is 29.6 Å². The second-order valence-corrected chi connectivity index (χ2v) is 5.55. The van der Waals surface area contributed by atoms with E-state index in [4.69, 9.17) is 0 Å². The average molecular weight is 342 g/mol. The van der Waals surface area contributed by atoms with Crippen molar-refractivity contribution in [3.05, 3.63) is 48.6 Å². The van der Waals surface area contributed by atoms with Crippen LogP contribution in [0.1, 0.15) is 64.7 Å². The van der Waals surface area contributed by atoms with Crippen LogP contribution in [-0.4, -0.2) is 17.2 Å². The van der Waals surface area contributed by atoms with Gasteiger partial charge in [0, 0.05) is 5.97 Å². The molecule has 0 unspecified atom stereocenters. The second kappa shape index (κ2) is 20.4. The molecule has 0 fully saturated rings. The molecule has 0 saturated carbocycles. The largest absolute Gasteiger partial charge is 1.00 e. The van der Waals surface area contributed by atoms with E-state index in [1.807, 2.05) is 36.5 Å². The molecule has 3 nitrogen and oxygen atoms in total. The van der Waals surface area contributed by atoms with Crippen LogP contribution < -0.4 is 34.7 Å². The molecule has 0 spiro atoms. The van der Waals surface area contributed by atoms with Gasteiger partial charge in [-0.1, -0.05) is 68.4 Å². The number of allylic oxidation sites excluding steroid dienone is 6. The summed E-state index contributed by atoms with van der Waals surface area (Å²) in [7, 11) is 0. The van der Waals surface area contributed by atoms with Gasteiger partial charge in [-0.2, -0.15) is 0 Å². The fraction of sp³-hybridized carbons (Fsp3) is 0.550. The number of carboxylic acids is 1. The van der Waals surface area contributed by atoms with Crippen LogP contribution in [-0.2, 0) is 4.79 Å².